The van der Waals surface area contributed by atoms with Crippen LogP contribution in [0.3, 0.4) is 0 Å². The normalized spacial score (nSPS) is 11.1. The van der Waals surface area contributed by atoms with Crippen LogP contribution in [0.4, 0.5) is 5.69 Å². The molecule has 0 saturated carbocycles. The van der Waals surface area contributed by atoms with Crippen molar-refractivity contribution in [1.29, 1.82) is 0 Å². The molecule has 0 radical (unpaired) electrons. The number of H-pyrrole nitrogens is 1. The number of aromatic amines is 1. The van der Waals surface area contributed by atoms with E-state index >= 15 is 0 Å². The van der Waals surface area contributed by atoms with Crippen LogP contribution in [0.2, 0.25) is 0 Å². The first kappa shape index (κ1) is 15.5. The summed E-state index contributed by atoms with van der Waals surface area (Å²) < 4.78 is 1.09. The molecule has 1 amide bonds. The molecule has 0 aliphatic heterocycles. The average Bonchev–Trinajstić information content (AvgIpc) is 2.97. The number of amides is 1. The molecule has 25 heavy (non-hydrogen) atoms. The molecule has 4 rings (SSSR count). The van der Waals surface area contributed by atoms with Crippen molar-refractivity contribution >= 4 is 43.9 Å². The second kappa shape index (κ2) is 6.10. The van der Waals surface area contributed by atoms with Gasteiger partial charge in [-0.15, -0.1) is 11.3 Å². The van der Waals surface area contributed by atoms with E-state index in [1.165, 1.54) is 0 Å². The van der Waals surface area contributed by atoms with Crippen LogP contribution in [0.1, 0.15) is 10.7 Å². The van der Waals surface area contributed by atoms with Crippen LogP contribution in [-0.2, 0) is 11.2 Å². The topological polar surface area (TPSA) is 87.7 Å². The van der Waals surface area contributed by atoms with Gasteiger partial charge >= 0.3 is 0 Å². The van der Waals surface area contributed by atoms with Gasteiger partial charge in [0.15, 0.2) is 0 Å². The lowest BCUT2D eigenvalue weighted by Crippen LogP contribution is -2.18. The van der Waals surface area contributed by atoms with Gasteiger partial charge in [0.2, 0.25) is 5.91 Å². The number of rotatable bonds is 3. The number of anilines is 1. The number of aryl methyl sites for hydroxylation is 1. The van der Waals surface area contributed by atoms with Crippen LogP contribution in [0.25, 0.3) is 21.0 Å². The molecule has 0 saturated heterocycles. The molecule has 0 atom stereocenters. The number of hydrogen-bond acceptors (Lipinski definition) is 5. The number of carbonyl (C=O) groups is 1. The molecular formula is C18H14N4O2S. The fraction of sp³-hybridized carbons (Fsp3) is 0.111. The van der Waals surface area contributed by atoms with E-state index in [2.05, 4.69) is 20.5 Å². The maximum atomic E-state index is 12.4. The first-order valence-corrected chi connectivity index (χ1v) is 8.55. The van der Waals surface area contributed by atoms with Gasteiger partial charge in [-0.2, -0.15) is 5.10 Å². The van der Waals surface area contributed by atoms with Gasteiger partial charge < -0.3 is 5.32 Å². The Morgan fingerprint density at radius 1 is 1.20 bits per heavy atom. The number of hydrogen-bond donors (Lipinski definition) is 2. The third-order valence-corrected chi connectivity index (χ3v) is 4.83. The van der Waals surface area contributed by atoms with Crippen molar-refractivity contribution in [1.82, 2.24) is 15.2 Å². The Kier molecular flexibility index (Phi) is 3.77. The van der Waals surface area contributed by atoms with Gasteiger partial charge in [0.05, 0.1) is 32.7 Å². The van der Waals surface area contributed by atoms with E-state index in [9.17, 15) is 9.59 Å². The van der Waals surface area contributed by atoms with Gasteiger partial charge in [-0.1, -0.05) is 18.2 Å². The highest BCUT2D eigenvalue weighted by Crippen LogP contribution is 2.24. The van der Waals surface area contributed by atoms with E-state index in [0.29, 0.717) is 22.2 Å². The molecule has 2 N–H and O–H groups in total. The Morgan fingerprint density at radius 2 is 2.00 bits per heavy atom. The van der Waals surface area contributed by atoms with E-state index in [1.807, 2.05) is 31.2 Å². The highest BCUT2D eigenvalue weighted by molar-refractivity contribution is 7.18. The SMILES string of the molecule is Cc1nc2cc(NC(=O)Cc3n[nH]c(=O)c4ccccc34)ccc2s1. The molecule has 2 aromatic carbocycles. The number of fused-ring (bicyclic) bond motifs is 2. The molecule has 6 nitrogen and oxygen atoms in total. The van der Waals surface area contributed by atoms with Gasteiger partial charge in [-0.05, 0) is 31.2 Å². The number of aromatic nitrogens is 3. The van der Waals surface area contributed by atoms with Gasteiger partial charge in [0.1, 0.15) is 0 Å². The number of benzene rings is 2. The average molecular weight is 350 g/mol. The molecule has 0 spiro atoms. The molecule has 2 heterocycles. The predicted molar refractivity (Wildman–Crippen MR) is 99.1 cm³/mol. The largest absolute Gasteiger partial charge is 0.326 e. The third-order valence-electron chi connectivity index (χ3n) is 3.88. The molecular weight excluding hydrogens is 336 g/mol. The summed E-state index contributed by atoms with van der Waals surface area (Å²) in [5.74, 6) is -0.198. The van der Waals surface area contributed by atoms with E-state index < -0.39 is 0 Å². The second-order valence-corrected chi connectivity index (χ2v) is 6.92. The summed E-state index contributed by atoms with van der Waals surface area (Å²) in [6, 6.07) is 12.8. The summed E-state index contributed by atoms with van der Waals surface area (Å²) in [5, 5.41) is 11.5. The maximum absolute atomic E-state index is 12.4. The van der Waals surface area contributed by atoms with Crippen LogP contribution in [0, 0.1) is 6.92 Å². The van der Waals surface area contributed by atoms with Crippen molar-refractivity contribution in [2.24, 2.45) is 0 Å². The van der Waals surface area contributed by atoms with E-state index in [1.54, 1.807) is 29.5 Å². The van der Waals surface area contributed by atoms with E-state index in [4.69, 9.17) is 0 Å². The highest BCUT2D eigenvalue weighted by Gasteiger charge is 2.11. The van der Waals surface area contributed by atoms with E-state index in [0.717, 1.165) is 15.2 Å². The van der Waals surface area contributed by atoms with Crippen LogP contribution in [0.15, 0.2) is 47.3 Å². The fourth-order valence-electron chi connectivity index (χ4n) is 2.78. The predicted octanol–water partition coefficient (Wildman–Crippen LogP) is 3.02. The lowest BCUT2D eigenvalue weighted by molar-refractivity contribution is -0.115. The van der Waals surface area contributed by atoms with Crippen molar-refractivity contribution in [3.05, 3.63) is 63.5 Å². The number of thiazole rings is 1. The second-order valence-electron chi connectivity index (χ2n) is 5.69. The smallest absolute Gasteiger partial charge is 0.272 e. The summed E-state index contributed by atoms with van der Waals surface area (Å²) in [6.45, 7) is 1.95. The molecule has 0 aliphatic carbocycles. The molecule has 124 valence electrons. The minimum absolute atomic E-state index is 0.0748. The van der Waals surface area contributed by atoms with Gasteiger partial charge in [-0.3, -0.25) is 9.59 Å². The summed E-state index contributed by atoms with van der Waals surface area (Å²) in [7, 11) is 0. The minimum atomic E-state index is -0.260. The Balaban J connectivity index is 1.59. The summed E-state index contributed by atoms with van der Waals surface area (Å²) in [5.41, 5.74) is 1.84. The van der Waals surface area contributed by atoms with Gasteiger partial charge in [0.25, 0.3) is 5.56 Å². The lowest BCUT2D eigenvalue weighted by Gasteiger charge is -2.07. The summed E-state index contributed by atoms with van der Waals surface area (Å²) >= 11 is 1.62. The Bertz CT molecular complexity index is 1160. The molecule has 0 unspecified atom stereocenters. The maximum Gasteiger partial charge on any atom is 0.272 e. The first-order chi connectivity index (χ1) is 12.1. The molecule has 0 aliphatic rings. The zero-order valence-corrected chi connectivity index (χ0v) is 14.2. The van der Waals surface area contributed by atoms with Gasteiger partial charge in [-0.25, -0.2) is 10.1 Å². The fourth-order valence-corrected chi connectivity index (χ4v) is 3.59. The Morgan fingerprint density at radius 3 is 2.84 bits per heavy atom. The lowest BCUT2D eigenvalue weighted by atomic mass is 10.1. The molecule has 0 bridgehead atoms. The van der Waals surface area contributed by atoms with Crippen molar-refractivity contribution in [3.8, 4) is 0 Å². The monoisotopic (exact) mass is 350 g/mol. The Labute approximate surface area is 146 Å². The zero-order valence-electron chi connectivity index (χ0n) is 13.4. The molecule has 7 heteroatoms. The number of nitrogens with one attached hydrogen (secondary N) is 2. The standard InChI is InChI=1S/C18H14N4O2S/c1-10-19-15-8-11(6-7-16(15)25-10)20-17(23)9-14-12-4-2-3-5-13(12)18(24)22-21-14/h2-8H,9H2,1H3,(H,20,23)(H,22,24). The minimum Gasteiger partial charge on any atom is -0.326 e. The van der Waals surface area contributed by atoms with E-state index in [-0.39, 0.29) is 17.9 Å². The summed E-state index contributed by atoms with van der Waals surface area (Å²) in [4.78, 5) is 28.6. The molecule has 2 aromatic heterocycles. The van der Waals surface area contributed by atoms with Crippen LogP contribution < -0.4 is 10.9 Å². The quantitative estimate of drug-likeness (QED) is 0.594. The van der Waals surface area contributed by atoms with Crippen molar-refractivity contribution < 1.29 is 4.79 Å². The zero-order chi connectivity index (χ0) is 17.4. The number of nitrogens with zero attached hydrogens (tertiary/aromatic N) is 2. The van der Waals surface area contributed by atoms with Crippen molar-refractivity contribution in [3.63, 3.8) is 0 Å². The molecule has 4 aromatic rings. The van der Waals surface area contributed by atoms with Gasteiger partial charge in [0, 0.05) is 11.1 Å². The first-order valence-electron chi connectivity index (χ1n) is 7.73. The highest BCUT2D eigenvalue weighted by atomic mass is 32.1. The Hall–Kier alpha value is -3.06. The van der Waals surface area contributed by atoms with Crippen LogP contribution in [-0.4, -0.2) is 21.1 Å². The summed E-state index contributed by atoms with van der Waals surface area (Å²) in [6.07, 6.45) is 0.0748. The number of carbonyl (C=O) groups excluding carboxylic acids is 1. The van der Waals surface area contributed by atoms with Crippen molar-refractivity contribution in [2.45, 2.75) is 13.3 Å². The van der Waals surface area contributed by atoms with Crippen molar-refractivity contribution in [2.75, 3.05) is 5.32 Å². The van der Waals surface area contributed by atoms with Crippen LogP contribution >= 0.6 is 11.3 Å². The van der Waals surface area contributed by atoms with Crippen LogP contribution in [0.5, 0.6) is 0 Å². The third kappa shape index (κ3) is 3.01. The molecule has 0 fully saturated rings.